The number of carbonyl (C=O) groups is 2. The molecule has 1 amide bonds. The molecule has 0 radical (unpaired) electrons. The molecule has 0 saturated carbocycles. The average molecular weight is 270 g/mol. The van der Waals surface area contributed by atoms with Crippen LogP contribution < -0.4 is 5.32 Å². The van der Waals surface area contributed by atoms with Crippen LogP contribution in [0.1, 0.15) is 19.4 Å². The number of nitrogens with one attached hydrogen (secondary N) is 1. The van der Waals surface area contributed by atoms with Gasteiger partial charge in [-0.25, -0.2) is 4.79 Å². The van der Waals surface area contributed by atoms with Gasteiger partial charge < -0.3 is 10.4 Å². The molecule has 98 valence electrons. The van der Waals surface area contributed by atoms with Crippen molar-refractivity contribution in [3.05, 3.63) is 34.9 Å². The third-order valence-corrected chi connectivity index (χ3v) is 2.78. The summed E-state index contributed by atoms with van der Waals surface area (Å²) >= 11 is 5.74. The van der Waals surface area contributed by atoms with Gasteiger partial charge in [0.1, 0.15) is 6.04 Å². The van der Waals surface area contributed by atoms with E-state index < -0.39 is 12.0 Å². The molecule has 0 fully saturated rings. The lowest BCUT2D eigenvalue weighted by Crippen LogP contribution is -2.44. The van der Waals surface area contributed by atoms with Gasteiger partial charge in [-0.1, -0.05) is 37.6 Å². The van der Waals surface area contributed by atoms with Gasteiger partial charge in [0, 0.05) is 5.02 Å². The first-order chi connectivity index (χ1) is 8.40. The number of halogens is 1. The van der Waals surface area contributed by atoms with E-state index in [-0.39, 0.29) is 18.2 Å². The van der Waals surface area contributed by atoms with E-state index in [1.165, 1.54) is 0 Å². The number of aliphatic carboxylic acids is 1. The molecule has 0 heterocycles. The number of carboxylic acid groups (broad SMARTS) is 1. The van der Waals surface area contributed by atoms with Crippen molar-refractivity contribution in [3.63, 3.8) is 0 Å². The Hall–Kier alpha value is -1.55. The molecule has 2 N–H and O–H groups in total. The standard InChI is InChI=1S/C13H16ClNO3/c1-8(2)12(13(17)18)15-11(16)7-9-3-5-10(14)6-4-9/h3-6,8,12H,7H2,1-2H3,(H,15,16)(H,17,18)/t12-/m1/s1. The van der Waals surface area contributed by atoms with Crippen LogP contribution in [0.3, 0.4) is 0 Å². The van der Waals surface area contributed by atoms with Crippen LogP contribution in [0.2, 0.25) is 5.02 Å². The molecule has 0 aliphatic carbocycles. The number of carboxylic acids is 1. The van der Waals surface area contributed by atoms with Crippen LogP contribution in [0.15, 0.2) is 24.3 Å². The lowest BCUT2D eigenvalue weighted by Gasteiger charge is -2.17. The smallest absolute Gasteiger partial charge is 0.326 e. The minimum absolute atomic E-state index is 0.146. The SMILES string of the molecule is CC(C)[C@@H](NC(=O)Cc1ccc(Cl)cc1)C(=O)O. The summed E-state index contributed by atoms with van der Waals surface area (Å²) in [5, 5.41) is 12.1. The maximum Gasteiger partial charge on any atom is 0.326 e. The zero-order valence-electron chi connectivity index (χ0n) is 10.3. The van der Waals surface area contributed by atoms with Gasteiger partial charge in [-0.05, 0) is 23.6 Å². The molecule has 0 aromatic heterocycles. The fourth-order valence-corrected chi connectivity index (χ4v) is 1.65. The second kappa shape index (κ2) is 6.40. The molecule has 1 aromatic rings. The average Bonchev–Trinajstić information content (AvgIpc) is 2.28. The molecular formula is C13H16ClNO3. The predicted molar refractivity (Wildman–Crippen MR) is 69.6 cm³/mol. The van der Waals surface area contributed by atoms with Gasteiger partial charge in [-0.15, -0.1) is 0 Å². The zero-order chi connectivity index (χ0) is 13.7. The fourth-order valence-electron chi connectivity index (χ4n) is 1.53. The molecule has 4 nitrogen and oxygen atoms in total. The minimum Gasteiger partial charge on any atom is -0.480 e. The maximum atomic E-state index is 11.7. The van der Waals surface area contributed by atoms with E-state index in [0.717, 1.165) is 5.56 Å². The highest BCUT2D eigenvalue weighted by Gasteiger charge is 2.23. The number of hydrogen-bond acceptors (Lipinski definition) is 2. The van der Waals surface area contributed by atoms with Gasteiger partial charge >= 0.3 is 5.97 Å². The summed E-state index contributed by atoms with van der Waals surface area (Å²) in [5.41, 5.74) is 0.796. The highest BCUT2D eigenvalue weighted by atomic mass is 35.5. The Morgan fingerprint density at radius 3 is 2.28 bits per heavy atom. The molecule has 0 spiro atoms. The third-order valence-electron chi connectivity index (χ3n) is 2.53. The Balaban J connectivity index is 2.60. The molecule has 1 atom stereocenters. The van der Waals surface area contributed by atoms with Crippen LogP contribution >= 0.6 is 11.6 Å². The number of benzene rings is 1. The van der Waals surface area contributed by atoms with Gasteiger partial charge in [-0.2, -0.15) is 0 Å². The molecule has 0 aliphatic rings. The van der Waals surface area contributed by atoms with Crippen molar-refractivity contribution in [2.24, 2.45) is 5.92 Å². The minimum atomic E-state index is -1.02. The van der Waals surface area contributed by atoms with Crippen LogP contribution in [0, 0.1) is 5.92 Å². The number of carbonyl (C=O) groups excluding carboxylic acids is 1. The third kappa shape index (κ3) is 4.37. The molecule has 0 saturated heterocycles. The normalized spacial score (nSPS) is 12.2. The van der Waals surface area contributed by atoms with Crippen LogP contribution in [0.25, 0.3) is 0 Å². The summed E-state index contributed by atoms with van der Waals surface area (Å²) in [4.78, 5) is 22.7. The molecule has 18 heavy (non-hydrogen) atoms. The Morgan fingerprint density at radius 2 is 1.83 bits per heavy atom. The molecular weight excluding hydrogens is 254 g/mol. The highest BCUT2D eigenvalue weighted by molar-refractivity contribution is 6.30. The van der Waals surface area contributed by atoms with Crippen molar-refractivity contribution in [1.29, 1.82) is 0 Å². The van der Waals surface area contributed by atoms with Gasteiger partial charge in [0.25, 0.3) is 0 Å². The molecule has 1 rings (SSSR count). The lowest BCUT2D eigenvalue weighted by molar-refractivity contribution is -0.143. The van der Waals surface area contributed by atoms with E-state index in [4.69, 9.17) is 16.7 Å². The first-order valence-electron chi connectivity index (χ1n) is 5.66. The van der Waals surface area contributed by atoms with Crippen molar-refractivity contribution in [1.82, 2.24) is 5.32 Å². The summed E-state index contributed by atoms with van der Waals surface area (Å²) in [5.74, 6) is -1.48. The van der Waals surface area contributed by atoms with Crippen LogP contribution in [-0.2, 0) is 16.0 Å². The van der Waals surface area contributed by atoms with Crippen molar-refractivity contribution in [2.45, 2.75) is 26.3 Å². The van der Waals surface area contributed by atoms with E-state index in [1.807, 2.05) is 0 Å². The summed E-state index contributed by atoms with van der Waals surface area (Å²) in [6, 6.07) is 6.02. The molecule has 0 unspecified atom stereocenters. The first-order valence-corrected chi connectivity index (χ1v) is 6.04. The Labute approximate surface area is 111 Å². The van der Waals surface area contributed by atoms with E-state index in [0.29, 0.717) is 5.02 Å². The van der Waals surface area contributed by atoms with Gasteiger partial charge in [0.15, 0.2) is 0 Å². The fraction of sp³-hybridized carbons (Fsp3) is 0.385. The molecule has 0 aliphatic heterocycles. The maximum absolute atomic E-state index is 11.7. The topological polar surface area (TPSA) is 66.4 Å². The second-order valence-corrected chi connectivity index (χ2v) is 4.87. The van der Waals surface area contributed by atoms with Crippen molar-refractivity contribution in [3.8, 4) is 0 Å². The summed E-state index contributed by atoms with van der Waals surface area (Å²) in [6.45, 7) is 3.50. The predicted octanol–water partition coefficient (Wildman–Crippen LogP) is 2.11. The lowest BCUT2D eigenvalue weighted by atomic mass is 10.0. The van der Waals surface area contributed by atoms with Gasteiger partial charge in [0.05, 0.1) is 6.42 Å². The van der Waals surface area contributed by atoms with Crippen molar-refractivity contribution < 1.29 is 14.7 Å². The second-order valence-electron chi connectivity index (χ2n) is 4.43. The monoisotopic (exact) mass is 269 g/mol. The summed E-state index contributed by atoms with van der Waals surface area (Å²) < 4.78 is 0. The van der Waals surface area contributed by atoms with Crippen LogP contribution in [0.5, 0.6) is 0 Å². The quantitative estimate of drug-likeness (QED) is 0.860. The summed E-state index contributed by atoms with van der Waals surface area (Å²) in [6.07, 6.45) is 0.146. The highest BCUT2D eigenvalue weighted by Crippen LogP contribution is 2.10. The summed E-state index contributed by atoms with van der Waals surface area (Å²) in [7, 11) is 0. The van der Waals surface area contributed by atoms with Crippen LogP contribution in [-0.4, -0.2) is 23.0 Å². The number of amides is 1. The van der Waals surface area contributed by atoms with E-state index in [2.05, 4.69) is 5.32 Å². The molecule has 5 heteroatoms. The number of rotatable bonds is 5. The van der Waals surface area contributed by atoms with Gasteiger partial charge in [0.2, 0.25) is 5.91 Å². The van der Waals surface area contributed by atoms with Crippen LogP contribution in [0.4, 0.5) is 0 Å². The Morgan fingerprint density at radius 1 is 1.28 bits per heavy atom. The van der Waals surface area contributed by atoms with E-state index in [9.17, 15) is 9.59 Å². The van der Waals surface area contributed by atoms with Crippen molar-refractivity contribution >= 4 is 23.5 Å². The Kier molecular flexibility index (Phi) is 5.16. The zero-order valence-corrected chi connectivity index (χ0v) is 11.1. The molecule has 0 bridgehead atoms. The Bertz CT molecular complexity index is 428. The van der Waals surface area contributed by atoms with Crippen molar-refractivity contribution in [2.75, 3.05) is 0 Å². The first kappa shape index (κ1) is 14.5. The largest absolute Gasteiger partial charge is 0.480 e. The molecule has 1 aromatic carbocycles. The van der Waals surface area contributed by atoms with E-state index >= 15 is 0 Å². The van der Waals surface area contributed by atoms with E-state index in [1.54, 1.807) is 38.1 Å². The number of hydrogen-bond donors (Lipinski definition) is 2. The van der Waals surface area contributed by atoms with Gasteiger partial charge in [-0.3, -0.25) is 4.79 Å².